The van der Waals surface area contributed by atoms with Gasteiger partial charge in [0.2, 0.25) is 0 Å². The second-order valence-electron chi connectivity index (χ2n) is 1.58. The van der Waals surface area contributed by atoms with E-state index in [0.29, 0.717) is 5.75 Å². The minimum Gasteiger partial charge on any atom is -0.477 e. The minimum atomic E-state index is -0.963. The van der Waals surface area contributed by atoms with Crippen molar-refractivity contribution in [3.8, 4) is 0 Å². The van der Waals surface area contributed by atoms with Crippen LogP contribution in [-0.2, 0) is 4.79 Å². The molecule has 0 aliphatic carbocycles. The second kappa shape index (κ2) is 2.36. The SMILES string of the molecule is N[C@H]1N=C(C(=O)O)CS1. The number of thioether (sulfide) groups is 1. The number of aliphatic imine (C=N–C) groups is 1. The zero-order valence-corrected chi connectivity index (χ0v) is 5.39. The van der Waals surface area contributed by atoms with Gasteiger partial charge in [0.05, 0.1) is 0 Å². The third-order valence-electron chi connectivity index (χ3n) is 0.921. The number of carboxylic acids is 1. The van der Waals surface area contributed by atoms with Gasteiger partial charge in [-0.3, -0.25) is 4.99 Å². The maximum atomic E-state index is 10.1. The third-order valence-corrected chi connectivity index (χ3v) is 1.81. The van der Waals surface area contributed by atoms with Crippen molar-refractivity contribution in [2.75, 3.05) is 5.75 Å². The summed E-state index contributed by atoms with van der Waals surface area (Å²) >= 11 is 1.33. The van der Waals surface area contributed by atoms with E-state index in [-0.39, 0.29) is 11.2 Å². The topological polar surface area (TPSA) is 75.7 Å². The quantitative estimate of drug-likeness (QED) is 0.523. The summed E-state index contributed by atoms with van der Waals surface area (Å²) < 4.78 is 0. The molecule has 0 radical (unpaired) electrons. The Labute approximate surface area is 56.1 Å². The number of nitrogens with two attached hydrogens (primary N) is 1. The van der Waals surface area contributed by atoms with Crippen molar-refractivity contribution < 1.29 is 9.90 Å². The molecule has 1 atom stereocenters. The fourth-order valence-electron chi connectivity index (χ4n) is 0.509. The molecular formula is C4H6N2O2S. The van der Waals surface area contributed by atoms with Crippen molar-refractivity contribution in [1.29, 1.82) is 0 Å². The van der Waals surface area contributed by atoms with Gasteiger partial charge in [-0.1, -0.05) is 0 Å². The molecular weight excluding hydrogens is 140 g/mol. The molecule has 0 fully saturated rings. The lowest BCUT2D eigenvalue weighted by Gasteiger charge is -1.89. The average Bonchev–Trinajstić information content (AvgIpc) is 2.14. The number of carboxylic acid groups (broad SMARTS) is 1. The van der Waals surface area contributed by atoms with Crippen molar-refractivity contribution in [3.05, 3.63) is 0 Å². The van der Waals surface area contributed by atoms with E-state index in [1.807, 2.05) is 0 Å². The first-order valence-electron chi connectivity index (χ1n) is 2.37. The number of nitrogens with zero attached hydrogens (tertiary/aromatic N) is 1. The van der Waals surface area contributed by atoms with E-state index < -0.39 is 5.97 Å². The Bertz CT molecular complexity index is 168. The highest BCUT2D eigenvalue weighted by Crippen LogP contribution is 2.14. The molecule has 9 heavy (non-hydrogen) atoms. The molecule has 1 rings (SSSR count). The van der Waals surface area contributed by atoms with Crippen LogP contribution >= 0.6 is 11.8 Å². The summed E-state index contributed by atoms with van der Waals surface area (Å²) in [5.74, 6) is -0.535. The van der Waals surface area contributed by atoms with Crippen molar-refractivity contribution in [2.45, 2.75) is 5.50 Å². The molecule has 4 nitrogen and oxygen atoms in total. The van der Waals surface area contributed by atoms with E-state index in [2.05, 4.69) is 4.99 Å². The van der Waals surface area contributed by atoms with Crippen LogP contribution in [0.4, 0.5) is 0 Å². The van der Waals surface area contributed by atoms with E-state index in [1.54, 1.807) is 0 Å². The van der Waals surface area contributed by atoms with Gasteiger partial charge in [0.15, 0.2) is 0 Å². The minimum absolute atomic E-state index is 0.174. The Morgan fingerprint density at radius 1 is 2.00 bits per heavy atom. The predicted molar refractivity (Wildman–Crippen MR) is 35.5 cm³/mol. The standard InChI is InChI=1S/C4H6N2O2S/c5-4-6-2(1-9-4)3(7)8/h4H,1,5H2,(H,7,8)/t4-/m0/s1. The molecule has 0 bridgehead atoms. The number of carbonyl (C=O) groups is 1. The van der Waals surface area contributed by atoms with Crippen LogP contribution in [0, 0.1) is 0 Å². The van der Waals surface area contributed by atoms with Crippen molar-refractivity contribution >= 4 is 23.4 Å². The molecule has 1 aliphatic heterocycles. The summed E-state index contributed by atoms with van der Waals surface area (Å²) in [6.45, 7) is 0. The first kappa shape index (κ1) is 6.57. The maximum Gasteiger partial charge on any atom is 0.350 e. The summed E-state index contributed by atoms with van der Waals surface area (Å²) in [6, 6.07) is 0. The van der Waals surface area contributed by atoms with Crippen LogP contribution in [0.5, 0.6) is 0 Å². The van der Waals surface area contributed by atoms with Crippen molar-refractivity contribution in [2.24, 2.45) is 10.7 Å². The van der Waals surface area contributed by atoms with E-state index in [4.69, 9.17) is 10.8 Å². The molecule has 0 saturated carbocycles. The lowest BCUT2D eigenvalue weighted by atomic mass is 10.4. The van der Waals surface area contributed by atoms with Gasteiger partial charge in [-0.15, -0.1) is 11.8 Å². The molecule has 1 heterocycles. The average molecular weight is 146 g/mol. The lowest BCUT2D eigenvalue weighted by Crippen LogP contribution is -2.13. The Kier molecular flexibility index (Phi) is 1.73. The van der Waals surface area contributed by atoms with Gasteiger partial charge in [-0.2, -0.15) is 0 Å². The fraction of sp³-hybridized carbons (Fsp3) is 0.500. The lowest BCUT2D eigenvalue weighted by molar-refractivity contribution is -0.129. The van der Waals surface area contributed by atoms with Crippen molar-refractivity contribution in [3.63, 3.8) is 0 Å². The Balaban J connectivity index is 2.62. The molecule has 0 saturated heterocycles. The highest BCUT2D eigenvalue weighted by atomic mass is 32.2. The van der Waals surface area contributed by atoms with Crippen molar-refractivity contribution in [1.82, 2.24) is 0 Å². The van der Waals surface area contributed by atoms with Gasteiger partial charge in [0.1, 0.15) is 11.2 Å². The number of hydrogen-bond donors (Lipinski definition) is 2. The first-order chi connectivity index (χ1) is 4.20. The van der Waals surface area contributed by atoms with Crippen LogP contribution in [-0.4, -0.2) is 28.0 Å². The van der Waals surface area contributed by atoms with Crippen LogP contribution in [0.15, 0.2) is 4.99 Å². The van der Waals surface area contributed by atoms with Gasteiger partial charge >= 0.3 is 5.97 Å². The maximum absolute atomic E-state index is 10.1. The van der Waals surface area contributed by atoms with E-state index in [1.165, 1.54) is 11.8 Å². The van der Waals surface area contributed by atoms with E-state index in [0.717, 1.165) is 0 Å². The zero-order valence-electron chi connectivity index (χ0n) is 4.57. The third kappa shape index (κ3) is 1.43. The van der Waals surface area contributed by atoms with E-state index >= 15 is 0 Å². The molecule has 0 spiro atoms. The molecule has 50 valence electrons. The largest absolute Gasteiger partial charge is 0.477 e. The highest BCUT2D eigenvalue weighted by molar-refractivity contribution is 8.01. The summed E-state index contributed by atoms with van der Waals surface area (Å²) in [5.41, 5.74) is 5.08. The van der Waals surface area contributed by atoms with Crippen LogP contribution in [0.1, 0.15) is 0 Å². The molecule has 0 aromatic rings. The second-order valence-corrected chi connectivity index (χ2v) is 2.69. The number of hydrogen-bond acceptors (Lipinski definition) is 4. The predicted octanol–water partition coefficient (Wildman–Crippen LogP) is -0.499. The molecule has 0 aromatic heterocycles. The van der Waals surface area contributed by atoms with E-state index in [9.17, 15) is 4.79 Å². The van der Waals surface area contributed by atoms with Gasteiger partial charge in [0, 0.05) is 5.75 Å². The molecule has 3 N–H and O–H groups in total. The van der Waals surface area contributed by atoms with Crippen LogP contribution in [0.25, 0.3) is 0 Å². The summed E-state index contributed by atoms with van der Waals surface area (Å²) in [4.78, 5) is 13.8. The first-order valence-corrected chi connectivity index (χ1v) is 3.42. The van der Waals surface area contributed by atoms with Gasteiger partial charge in [-0.25, -0.2) is 4.79 Å². The van der Waals surface area contributed by atoms with Crippen LogP contribution in [0.3, 0.4) is 0 Å². The summed E-state index contributed by atoms with van der Waals surface area (Å²) in [7, 11) is 0. The van der Waals surface area contributed by atoms with Gasteiger partial charge in [0.25, 0.3) is 0 Å². The summed E-state index contributed by atoms with van der Waals surface area (Å²) in [5, 5.41) is 8.33. The van der Waals surface area contributed by atoms with Crippen LogP contribution in [0.2, 0.25) is 0 Å². The monoisotopic (exact) mass is 146 g/mol. The molecule has 0 amide bonds. The molecule has 0 aromatic carbocycles. The van der Waals surface area contributed by atoms with Crippen LogP contribution < -0.4 is 5.73 Å². The molecule has 5 heteroatoms. The Hall–Kier alpha value is -0.550. The Morgan fingerprint density at radius 2 is 2.67 bits per heavy atom. The van der Waals surface area contributed by atoms with Gasteiger partial charge < -0.3 is 10.8 Å². The number of rotatable bonds is 1. The summed E-state index contributed by atoms with van der Waals surface area (Å²) in [6.07, 6.45) is 0. The number of aliphatic carboxylic acids is 1. The normalized spacial score (nSPS) is 25.9. The van der Waals surface area contributed by atoms with Gasteiger partial charge in [-0.05, 0) is 0 Å². The Morgan fingerprint density at radius 3 is 2.89 bits per heavy atom. The zero-order chi connectivity index (χ0) is 6.85. The smallest absolute Gasteiger partial charge is 0.350 e. The molecule has 0 unspecified atom stereocenters. The molecule has 1 aliphatic rings. The fourth-order valence-corrected chi connectivity index (χ4v) is 1.24. The highest BCUT2D eigenvalue weighted by Gasteiger charge is 2.18.